The van der Waals surface area contributed by atoms with Crippen LogP contribution in [-0.4, -0.2) is 35.8 Å². The third kappa shape index (κ3) is 3.60. The molecule has 1 aliphatic carbocycles. The van der Waals surface area contributed by atoms with Crippen LogP contribution in [0.3, 0.4) is 0 Å². The molecule has 0 spiro atoms. The van der Waals surface area contributed by atoms with Crippen molar-refractivity contribution in [2.75, 3.05) is 13.7 Å². The van der Waals surface area contributed by atoms with Crippen LogP contribution in [-0.2, 0) is 0 Å². The maximum Gasteiger partial charge on any atom is 0.271 e. The summed E-state index contributed by atoms with van der Waals surface area (Å²) in [5.41, 5.74) is 1.30. The molecule has 2 aromatic rings. The lowest BCUT2D eigenvalue weighted by molar-refractivity contribution is 0.0868. The summed E-state index contributed by atoms with van der Waals surface area (Å²) in [6, 6.07) is 7.67. The van der Waals surface area contributed by atoms with Crippen LogP contribution in [0.25, 0.3) is 10.6 Å². The Kier molecular flexibility index (Phi) is 5.48. The van der Waals surface area contributed by atoms with E-state index in [-0.39, 0.29) is 24.5 Å². The molecule has 3 rings (SSSR count). The first kappa shape index (κ1) is 16.9. The van der Waals surface area contributed by atoms with Gasteiger partial charge in [0.2, 0.25) is 0 Å². The van der Waals surface area contributed by atoms with Gasteiger partial charge < -0.3 is 15.2 Å². The zero-order valence-electron chi connectivity index (χ0n) is 13.7. The molecular formula is C18H22N2O3S. The Balaban J connectivity index is 1.74. The highest BCUT2D eigenvalue weighted by Gasteiger charge is 2.27. The highest BCUT2D eigenvalue weighted by atomic mass is 32.1. The van der Waals surface area contributed by atoms with Gasteiger partial charge in [-0.25, -0.2) is 4.98 Å². The lowest BCUT2D eigenvalue weighted by Crippen LogP contribution is -2.43. The average molecular weight is 346 g/mol. The number of benzene rings is 1. The number of para-hydroxylation sites is 1. The predicted octanol–water partition coefficient (Wildman–Crippen LogP) is 3.10. The fourth-order valence-corrected chi connectivity index (χ4v) is 4.01. The van der Waals surface area contributed by atoms with Gasteiger partial charge in [-0.15, -0.1) is 11.3 Å². The second kappa shape index (κ2) is 7.77. The van der Waals surface area contributed by atoms with E-state index in [1.54, 1.807) is 12.5 Å². The van der Waals surface area contributed by atoms with Crippen LogP contribution in [0.2, 0.25) is 0 Å². The topological polar surface area (TPSA) is 71.5 Å². The van der Waals surface area contributed by atoms with Crippen molar-refractivity contribution in [2.45, 2.75) is 31.7 Å². The third-order valence-electron chi connectivity index (χ3n) is 4.53. The number of thiazole rings is 1. The Hall–Kier alpha value is -1.92. The second-order valence-corrected chi connectivity index (χ2v) is 6.90. The van der Waals surface area contributed by atoms with Gasteiger partial charge in [0.25, 0.3) is 5.91 Å². The number of aliphatic hydroxyl groups excluding tert-OH is 1. The largest absolute Gasteiger partial charge is 0.496 e. The van der Waals surface area contributed by atoms with E-state index >= 15 is 0 Å². The number of nitrogens with one attached hydrogen (secondary N) is 1. The zero-order valence-corrected chi connectivity index (χ0v) is 14.5. The molecule has 5 nitrogen and oxygen atoms in total. The summed E-state index contributed by atoms with van der Waals surface area (Å²) >= 11 is 1.43. The molecule has 1 saturated carbocycles. The molecule has 1 aromatic heterocycles. The predicted molar refractivity (Wildman–Crippen MR) is 94.4 cm³/mol. The van der Waals surface area contributed by atoms with E-state index in [4.69, 9.17) is 4.74 Å². The lowest BCUT2D eigenvalue weighted by atomic mass is 9.85. The lowest BCUT2D eigenvalue weighted by Gasteiger charge is -2.30. The Morgan fingerprint density at radius 2 is 2.17 bits per heavy atom. The number of ether oxygens (including phenoxy) is 1. The maximum absolute atomic E-state index is 12.5. The van der Waals surface area contributed by atoms with Crippen LogP contribution in [0.5, 0.6) is 5.75 Å². The van der Waals surface area contributed by atoms with Gasteiger partial charge in [-0.05, 0) is 25.0 Å². The van der Waals surface area contributed by atoms with E-state index in [2.05, 4.69) is 10.3 Å². The third-order valence-corrected chi connectivity index (χ3v) is 5.41. The Morgan fingerprint density at radius 1 is 1.38 bits per heavy atom. The molecule has 1 aromatic carbocycles. The molecule has 1 aliphatic rings. The van der Waals surface area contributed by atoms with E-state index in [9.17, 15) is 9.90 Å². The minimum atomic E-state index is -0.169. The number of carbonyl (C=O) groups excluding carboxylic acids is 1. The van der Waals surface area contributed by atoms with Crippen molar-refractivity contribution in [3.8, 4) is 16.3 Å². The van der Waals surface area contributed by atoms with Crippen molar-refractivity contribution in [3.63, 3.8) is 0 Å². The Labute approximate surface area is 145 Å². The van der Waals surface area contributed by atoms with Gasteiger partial charge in [0.1, 0.15) is 16.5 Å². The van der Waals surface area contributed by atoms with Crippen molar-refractivity contribution in [2.24, 2.45) is 5.92 Å². The average Bonchev–Trinajstić information content (AvgIpc) is 3.12. The van der Waals surface area contributed by atoms with Gasteiger partial charge in [0.15, 0.2) is 0 Å². The van der Waals surface area contributed by atoms with Gasteiger partial charge in [-0.3, -0.25) is 4.79 Å². The second-order valence-electron chi connectivity index (χ2n) is 6.05. The molecular weight excluding hydrogens is 324 g/mol. The van der Waals surface area contributed by atoms with Crippen LogP contribution in [0.15, 0.2) is 29.6 Å². The number of nitrogens with zero attached hydrogens (tertiary/aromatic N) is 1. The summed E-state index contributed by atoms with van der Waals surface area (Å²) in [4.78, 5) is 17.0. The molecule has 6 heteroatoms. The van der Waals surface area contributed by atoms with Crippen LogP contribution >= 0.6 is 11.3 Å². The summed E-state index contributed by atoms with van der Waals surface area (Å²) in [6.45, 7) is 0.120. The normalized spacial score (nSPS) is 20.6. The van der Waals surface area contributed by atoms with Gasteiger partial charge in [0, 0.05) is 23.9 Å². The molecule has 1 amide bonds. The van der Waals surface area contributed by atoms with E-state index in [0.29, 0.717) is 5.69 Å². The summed E-state index contributed by atoms with van der Waals surface area (Å²) in [6.07, 6.45) is 4.09. The molecule has 1 heterocycles. The fraction of sp³-hybridized carbons (Fsp3) is 0.444. The smallest absolute Gasteiger partial charge is 0.271 e. The van der Waals surface area contributed by atoms with E-state index in [0.717, 1.165) is 42.0 Å². The molecule has 2 atom stereocenters. The molecule has 2 N–H and O–H groups in total. The van der Waals surface area contributed by atoms with Gasteiger partial charge >= 0.3 is 0 Å². The van der Waals surface area contributed by atoms with E-state index in [1.165, 1.54) is 11.3 Å². The molecule has 128 valence electrons. The highest BCUT2D eigenvalue weighted by molar-refractivity contribution is 7.13. The summed E-state index contributed by atoms with van der Waals surface area (Å²) in [5, 5.41) is 15.1. The quantitative estimate of drug-likeness (QED) is 0.873. The molecule has 2 unspecified atom stereocenters. The zero-order chi connectivity index (χ0) is 16.9. The monoisotopic (exact) mass is 346 g/mol. The van der Waals surface area contributed by atoms with Crippen LogP contribution in [0.1, 0.15) is 36.2 Å². The Bertz CT molecular complexity index is 701. The molecule has 1 fully saturated rings. The summed E-state index contributed by atoms with van der Waals surface area (Å²) in [7, 11) is 1.62. The fourth-order valence-electron chi connectivity index (χ4n) is 3.18. The molecule has 0 saturated heterocycles. The number of rotatable bonds is 5. The van der Waals surface area contributed by atoms with Crippen molar-refractivity contribution in [3.05, 3.63) is 35.3 Å². The van der Waals surface area contributed by atoms with E-state index in [1.807, 2.05) is 24.3 Å². The van der Waals surface area contributed by atoms with Gasteiger partial charge in [0.05, 0.1) is 12.7 Å². The van der Waals surface area contributed by atoms with Crippen molar-refractivity contribution < 1.29 is 14.6 Å². The number of aliphatic hydroxyl groups is 1. The standard InChI is InChI=1S/C18H22N2O3S/c1-23-16-9-5-3-7-13(16)18-20-15(11-24-18)17(22)19-14-8-4-2-6-12(14)10-21/h3,5,7,9,11-12,14,21H,2,4,6,8,10H2,1H3,(H,19,22). The molecule has 0 bridgehead atoms. The number of hydrogen-bond acceptors (Lipinski definition) is 5. The number of carbonyl (C=O) groups is 1. The van der Waals surface area contributed by atoms with Crippen LogP contribution < -0.4 is 10.1 Å². The first-order valence-corrected chi connectivity index (χ1v) is 9.11. The van der Waals surface area contributed by atoms with Crippen molar-refractivity contribution in [1.29, 1.82) is 0 Å². The minimum absolute atomic E-state index is 0.0349. The molecule has 24 heavy (non-hydrogen) atoms. The number of hydrogen-bond donors (Lipinski definition) is 2. The first-order valence-electron chi connectivity index (χ1n) is 8.23. The maximum atomic E-state index is 12.5. The highest BCUT2D eigenvalue weighted by Crippen LogP contribution is 2.32. The summed E-state index contributed by atoms with van der Waals surface area (Å²) < 4.78 is 5.36. The SMILES string of the molecule is COc1ccccc1-c1nc(C(=O)NC2CCCCC2CO)cs1. The number of methoxy groups -OCH3 is 1. The minimum Gasteiger partial charge on any atom is -0.496 e. The van der Waals surface area contributed by atoms with Gasteiger partial charge in [-0.1, -0.05) is 25.0 Å². The first-order chi connectivity index (χ1) is 11.7. The Morgan fingerprint density at radius 3 is 2.96 bits per heavy atom. The van der Waals surface area contributed by atoms with Crippen LogP contribution in [0, 0.1) is 5.92 Å². The van der Waals surface area contributed by atoms with Crippen LogP contribution in [0.4, 0.5) is 0 Å². The number of amides is 1. The number of aromatic nitrogens is 1. The summed E-state index contributed by atoms with van der Waals surface area (Å²) in [5.74, 6) is 0.721. The molecule has 0 aliphatic heterocycles. The van der Waals surface area contributed by atoms with Gasteiger partial charge in [-0.2, -0.15) is 0 Å². The molecule has 0 radical (unpaired) electrons. The van der Waals surface area contributed by atoms with Crippen molar-refractivity contribution in [1.82, 2.24) is 10.3 Å². The van der Waals surface area contributed by atoms with Crippen molar-refractivity contribution >= 4 is 17.2 Å². The van der Waals surface area contributed by atoms with E-state index < -0.39 is 0 Å².